The molecule has 0 bridgehead atoms. The number of fused-ring (bicyclic) bond motifs is 1. The summed E-state index contributed by atoms with van der Waals surface area (Å²) in [5, 5.41) is 13.3. The van der Waals surface area contributed by atoms with Crippen molar-refractivity contribution in [3.63, 3.8) is 0 Å². The number of furan rings is 1. The summed E-state index contributed by atoms with van der Waals surface area (Å²) in [4.78, 5) is 12.6. The Bertz CT molecular complexity index is 1220. The molecule has 2 aromatic carbocycles. The molecule has 2 aromatic heterocycles. The highest BCUT2D eigenvalue weighted by atomic mass is 32.2. The number of aromatic nitrogens is 3. The summed E-state index contributed by atoms with van der Waals surface area (Å²) in [5.74, 6) is 1.39. The molecule has 0 radical (unpaired) electrons. The van der Waals surface area contributed by atoms with Crippen LogP contribution >= 0.6 is 11.8 Å². The second-order valence-electron chi connectivity index (χ2n) is 7.46. The van der Waals surface area contributed by atoms with Crippen LogP contribution in [-0.2, 0) is 11.3 Å². The van der Waals surface area contributed by atoms with E-state index in [9.17, 15) is 4.79 Å². The molecule has 6 nitrogen and oxygen atoms in total. The molecular formula is C24H24N4O2S. The predicted octanol–water partition coefficient (Wildman–Crippen LogP) is 5.53. The molecule has 0 aliphatic carbocycles. The van der Waals surface area contributed by atoms with Crippen molar-refractivity contribution in [2.75, 3.05) is 11.1 Å². The number of anilines is 1. The maximum atomic E-state index is 12.6. The van der Waals surface area contributed by atoms with Crippen LogP contribution in [0.3, 0.4) is 0 Å². The van der Waals surface area contributed by atoms with Crippen LogP contribution in [-0.4, -0.2) is 26.4 Å². The molecule has 0 saturated carbocycles. The Morgan fingerprint density at radius 1 is 1.16 bits per heavy atom. The van der Waals surface area contributed by atoms with Gasteiger partial charge >= 0.3 is 0 Å². The highest BCUT2D eigenvalue weighted by molar-refractivity contribution is 7.99. The number of thioether (sulfide) groups is 1. The van der Waals surface area contributed by atoms with Crippen LogP contribution in [0.15, 0.2) is 64.7 Å². The van der Waals surface area contributed by atoms with Gasteiger partial charge in [0.15, 0.2) is 10.9 Å². The van der Waals surface area contributed by atoms with Crippen molar-refractivity contribution in [1.29, 1.82) is 0 Å². The lowest BCUT2D eigenvalue weighted by molar-refractivity contribution is -0.113. The molecule has 158 valence electrons. The van der Waals surface area contributed by atoms with Crippen molar-refractivity contribution in [2.45, 2.75) is 32.5 Å². The first-order valence-corrected chi connectivity index (χ1v) is 11.0. The minimum atomic E-state index is -0.0847. The molecule has 0 unspecified atom stereocenters. The third-order valence-corrected chi connectivity index (χ3v) is 5.91. The molecule has 1 N–H and O–H groups in total. The first kappa shape index (κ1) is 20.9. The van der Waals surface area contributed by atoms with E-state index in [-0.39, 0.29) is 11.7 Å². The van der Waals surface area contributed by atoms with Gasteiger partial charge in [-0.1, -0.05) is 53.7 Å². The van der Waals surface area contributed by atoms with Gasteiger partial charge in [0.1, 0.15) is 5.58 Å². The maximum absolute atomic E-state index is 12.6. The van der Waals surface area contributed by atoms with Crippen LogP contribution in [0.25, 0.3) is 22.6 Å². The zero-order valence-corrected chi connectivity index (χ0v) is 18.6. The number of carbonyl (C=O) groups excluding carboxylic acids is 1. The number of allylic oxidation sites excluding steroid dienone is 1. The number of aryl methyl sites for hydroxylation is 3. The molecule has 0 spiro atoms. The number of nitrogens with zero attached hydrogens (tertiary/aromatic N) is 3. The normalized spacial score (nSPS) is 11.1. The van der Waals surface area contributed by atoms with Crippen LogP contribution in [0, 0.1) is 20.8 Å². The van der Waals surface area contributed by atoms with E-state index in [4.69, 9.17) is 4.42 Å². The van der Waals surface area contributed by atoms with Gasteiger partial charge < -0.3 is 9.73 Å². The van der Waals surface area contributed by atoms with Gasteiger partial charge in [0, 0.05) is 17.6 Å². The van der Waals surface area contributed by atoms with Gasteiger partial charge in [0.05, 0.1) is 5.75 Å². The summed E-state index contributed by atoms with van der Waals surface area (Å²) >= 11 is 1.34. The van der Waals surface area contributed by atoms with Crippen molar-refractivity contribution in [1.82, 2.24) is 14.8 Å². The number of hydrogen-bond acceptors (Lipinski definition) is 5. The van der Waals surface area contributed by atoms with Gasteiger partial charge in [-0.15, -0.1) is 16.8 Å². The molecule has 2 heterocycles. The van der Waals surface area contributed by atoms with E-state index in [1.807, 2.05) is 55.7 Å². The second-order valence-corrected chi connectivity index (χ2v) is 8.41. The molecule has 0 fully saturated rings. The summed E-state index contributed by atoms with van der Waals surface area (Å²) in [5.41, 5.74) is 4.95. The largest absolute Gasteiger partial charge is 0.453 e. The Kier molecular flexibility index (Phi) is 5.95. The third kappa shape index (κ3) is 4.41. The Labute approximate surface area is 185 Å². The van der Waals surface area contributed by atoms with E-state index < -0.39 is 0 Å². The molecule has 4 rings (SSSR count). The van der Waals surface area contributed by atoms with Gasteiger partial charge in [-0.05, 0) is 44.0 Å². The quantitative estimate of drug-likeness (QED) is 0.307. The van der Waals surface area contributed by atoms with Crippen molar-refractivity contribution >= 4 is 34.3 Å². The first-order chi connectivity index (χ1) is 15.0. The van der Waals surface area contributed by atoms with Gasteiger partial charge in [-0.3, -0.25) is 9.36 Å². The number of amides is 1. The van der Waals surface area contributed by atoms with Gasteiger partial charge in [-0.2, -0.15) is 0 Å². The Hall–Kier alpha value is -3.32. The van der Waals surface area contributed by atoms with E-state index in [2.05, 4.69) is 34.2 Å². The van der Waals surface area contributed by atoms with Gasteiger partial charge in [0.2, 0.25) is 11.7 Å². The SMILES string of the molecule is C=CCn1c(SCC(=O)Nc2c(C)cc(C)cc2C)nnc1-c1cc2ccccc2o1. The van der Waals surface area contributed by atoms with E-state index in [0.717, 1.165) is 27.8 Å². The number of nitrogens with one attached hydrogen (secondary N) is 1. The van der Waals surface area contributed by atoms with Gasteiger partial charge in [0.25, 0.3) is 0 Å². The molecule has 1 amide bonds. The zero-order valence-electron chi connectivity index (χ0n) is 17.8. The lowest BCUT2D eigenvalue weighted by atomic mass is 10.1. The second kappa shape index (κ2) is 8.81. The summed E-state index contributed by atoms with van der Waals surface area (Å²) in [6, 6.07) is 13.9. The summed E-state index contributed by atoms with van der Waals surface area (Å²) < 4.78 is 7.86. The number of para-hydroxylation sites is 1. The van der Waals surface area contributed by atoms with Crippen molar-refractivity contribution in [3.8, 4) is 11.6 Å². The van der Waals surface area contributed by atoms with E-state index in [1.54, 1.807) is 6.08 Å². The molecule has 0 saturated heterocycles. The minimum Gasteiger partial charge on any atom is -0.453 e. The molecule has 31 heavy (non-hydrogen) atoms. The van der Waals surface area contributed by atoms with Crippen LogP contribution in [0.5, 0.6) is 0 Å². The maximum Gasteiger partial charge on any atom is 0.234 e. The molecule has 0 aliphatic heterocycles. The zero-order chi connectivity index (χ0) is 22.0. The minimum absolute atomic E-state index is 0.0847. The highest BCUT2D eigenvalue weighted by Crippen LogP contribution is 2.29. The first-order valence-electron chi connectivity index (χ1n) is 10.00. The van der Waals surface area contributed by atoms with Crippen LogP contribution in [0.4, 0.5) is 5.69 Å². The fourth-order valence-electron chi connectivity index (χ4n) is 3.65. The lowest BCUT2D eigenvalue weighted by Crippen LogP contribution is -2.16. The molecular weight excluding hydrogens is 408 g/mol. The lowest BCUT2D eigenvalue weighted by Gasteiger charge is -2.12. The molecule has 4 aromatic rings. The topological polar surface area (TPSA) is 73.0 Å². The third-order valence-electron chi connectivity index (χ3n) is 4.95. The van der Waals surface area contributed by atoms with Crippen LogP contribution in [0.2, 0.25) is 0 Å². The average Bonchev–Trinajstić information content (AvgIpc) is 3.33. The highest BCUT2D eigenvalue weighted by Gasteiger charge is 2.18. The molecule has 7 heteroatoms. The predicted molar refractivity (Wildman–Crippen MR) is 125 cm³/mol. The van der Waals surface area contributed by atoms with Crippen molar-refractivity contribution in [3.05, 3.63) is 71.8 Å². The van der Waals surface area contributed by atoms with Gasteiger partial charge in [-0.25, -0.2) is 0 Å². The molecule has 0 aliphatic rings. The summed E-state index contributed by atoms with van der Waals surface area (Å²) in [7, 11) is 0. The number of benzene rings is 2. The monoisotopic (exact) mass is 432 g/mol. The van der Waals surface area contributed by atoms with E-state index in [1.165, 1.54) is 17.3 Å². The van der Waals surface area contributed by atoms with E-state index >= 15 is 0 Å². The molecule has 0 atom stereocenters. The summed E-state index contributed by atoms with van der Waals surface area (Å²) in [6.07, 6.45) is 1.78. The van der Waals surface area contributed by atoms with Crippen LogP contribution < -0.4 is 5.32 Å². The number of rotatable bonds is 7. The fourth-order valence-corrected chi connectivity index (χ4v) is 4.39. The number of hydrogen-bond donors (Lipinski definition) is 1. The standard InChI is InChI=1S/C24H24N4O2S/c1-5-10-28-23(20-13-18-8-6-7-9-19(18)30-20)26-27-24(28)31-14-21(29)25-22-16(3)11-15(2)12-17(22)4/h5-9,11-13H,1,10,14H2,2-4H3,(H,25,29). The van der Waals surface area contributed by atoms with E-state index in [0.29, 0.717) is 23.3 Å². The Balaban J connectivity index is 1.52. The Morgan fingerprint density at radius 2 is 1.90 bits per heavy atom. The Morgan fingerprint density at radius 3 is 2.61 bits per heavy atom. The van der Waals surface area contributed by atoms with Crippen molar-refractivity contribution in [2.24, 2.45) is 0 Å². The summed E-state index contributed by atoms with van der Waals surface area (Å²) in [6.45, 7) is 10.4. The average molecular weight is 433 g/mol. The van der Waals surface area contributed by atoms with Crippen LogP contribution in [0.1, 0.15) is 16.7 Å². The number of carbonyl (C=O) groups is 1. The van der Waals surface area contributed by atoms with Crippen molar-refractivity contribution < 1.29 is 9.21 Å². The smallest absolute Gasteiger partial charge is 0.234 e. The fraction of sp³-hybridized carbons (Fsp3) is 0.208.